The van der Waals surface area contributed by atoms with Gasteiger partial charge in [0.2, 0.25) is 0 Å². The van der Waals surface area contributed by atoms with Crippen LogP contribution in [0.4, 0.5) is 0 Å². The molecule has 24 heavy (non-hydrogen) atoms. The van der Waals surface area contributed by atoms with Gasteiger partial charge in [-0.15, -0.1) is 0 Å². The number of carbonyl (C=O) groups excluding carboxylic acids is 2. The molecular weight excluding hydrogens is 376 g/mol. The average molecular weight is 393 g/mol. The summed E-state index contributed by atoms with van der Waals surface area (Å²) in [5.41, 5.74) is 0.536. The number of ether oxygens (including phenoxy) is 1. The summed E-state index contributed by atoms with van der Waals surface area (Å²) in [7, 11) is 0. The van der Waals surface area contributed by atoms with E-state index < -0.39 is 0 Å². The van der Waals surface area contributed by atoms with Gasteiger partial charge in [-0.1, -0.05) is 15.9 Å². The third-order valence-electron chi connectivity index (χ3n) is 3.86. The van der Waals surface area contributed by atoms with Gasteiger partial charge in [0.25, 0.3) is 11.8 Å². The van der Waals surface area contributed by atoms with Gasteiger partial charge in [-0.3, -0.25) is 9.59 Å². The van der Waals surface area contributed by atoms with E-state index >= 15 is 0 Å². The second-order valence-corrected chi connectivity index (χ2v) is 6.34. The fraction of sp³-hybridized carbons (Fsp3) is 0.294. The highest BCUT2D eigenvalue weighted by Gasteiger charge is 2.25. The average Bonchev–Trinajstić information content (AvgIpc) is 3.15. The lowest BCUT2D eigenvalue weighted by Crippen LogP contribution is -2.51. The van der Waals surface area contributed by atoms with Crippen LogP contribution in [0.2, 0.25) is 0 Å². The Balaban J connectivity index is 1.46. The molecular formula is C17H17BrN2O4. The largest absolute Gasteiger partial charge is 0.484 e. The summed E-state index contributed by atoms with van der Waals surface area (Å²) in [6.07, 6.45) is 2.92. The molecule has 1 aromatic carbocycles. The summed E-state index contributed by atoms with van der Waals surface area (Å²) in [5, 5.41) is 0. The van der Waals surface area contributed by atoms with Crippen molar-refractivity contribution in [1.29, 1.82) is 0 Å². The van der Waals surface area contributed by atoms with Crippen LogP contribution in [-0.4, -0.2) is 54.4 Å². The van der Waals surface area contributed by atoms with Gasteiger partial charge < -0.3 is 19.0 Å². The minimum atomic E-state index is -0.0756. The Morgan fingerprint density at radius 1 is 1.04 bits per heavy atom. The van der Waals surface area contributed by atoms with Crippen molar-refractivity contribution < 1.29 is 18.7 Å². The zero-order chi connectivity index (χ0) is 16.9. The van der Waals surface area contributed by atoms with Crippen LogP contribution < -0.4 is 4.74 Å². The Morgan fingerprint density at radius 2 is 1.71 bits per heavy atom. The van der Waals surface area contributed by atoms with Crippen LogP contribution in [0.3, 0.4) is 0 Å². The molecule has 1 aliphatic heterocycles. The van der Waals surface area contributed by atoms with Crippen molar-refractivity contribution in [3.63, 3.8) is 0 Å². The number of furan rings is 1. The topological polar surface area (TPSA) is 63.0 Å². The van der Waals surface area contributed by atoms with Crippen molar-refractivity contribution >= 4 is 27.7 Å². The molecule has 0 spiro atoms. The highest BCUT2D eigenvalue weighted by molar-refractivity contribution is 9.10. The van der Waals surface area contributed by atoms with Crippen LogP contribution in [0.5, 0.6) is 5.75 Å². The molecule has 6 nitrogen and oxygen atoms in total. The van der Waals surface area contributed by atoms with Crippen LogP contribution in [0.15, 0.2) is 51.7 Å². The van der Waals surface area contributed by atoms with E-state index in [2.05, 4.69) is 15.9 Å². The number of rotatable bonds is 4. The minimum absolute atomic E-state index is 0.00267. The number of hydrogen-bond donors (Lipinski definition) is 0. The van der Waals surface area contributed by atoms with E-state index in [0.717, 1.165) is 4.47 Å². The van der Waals surface area contributed by atoms with Crippen LogP contribution >= 0.6 is 15.9 Å². The highest BCUT2D eigenvalue weighted by Crippen LogP contribution is 2.16. The molecule has 0 radical (unpaired) electrons. The monoisotopic (exact) mass is 392 g/mol. The molecule has 0 N–H and O–H groups in total. The Hall–Kier alpha value is -2.28. The molecule has 0 saturated carbocycles. The standard InChI is InChI=1S/C17H17BrN2O4/c18-14-1-3-15(4-2-14)24-12-16(21)19-6-8-20(9-7-19)17(22)13-5-10-23-11-13/h1-5,10-11H,6-9,12H2. The minimum Gasteiger partial charge on any atom is -0.484 e. The summed E-state index contributed by atoms with van der Waals surface area (Å²) in [4.78, 5) is 27.9. The Morgan fingerprint density at radius 3 is 2.33 bits per heavy atom. The second kappa shape index (κ2) is 7.53. The van der Waals surface area contributed by atoms with E-state index in [4.69, 9.17) is 9.15 Å². The number of nitrogens with zero attached hydrogens (tertiary/aromatic N) is 2. The Bertz CT molecular complexity index is 692. The summed E-state index contributed by atoms with van der Waals surface area (Å²) in [6.45, 7) is 2.03. The van der Waals surface area contributed by atoms with Gasteiger partial charge in [0.15, 0.2) is 6.61 Å². The molecule has 7 heteroatoms. The lowest BCUT2D eigenvalue weighted by Gasteiger charge is -2.34. The van der Waals surface area contributed by atoms with Gasteiger partial charge in [0, 0.05) is 30.7 Å². The maximum atomic E-state index is 12.2. The van der Waals surface area contributed by atoms with Crippen molar-refractivity contribution in [1.82, 2.24) is 9.80 Å². The maximum absolute atomic E-state index is 12.2. The van der Waals surface area contributed by atoms with Crippen LogP contribution in [0.25, 0.3) is 0 Å². The predicted molar refractivity (Wildman–Crippen MR) is 90.8 cm³/mol. The normalized spacial score (nSPS) is 14.5. The second-order valence-electron chi connectivity index (χ2n) is 5.43. The Labute approximate surface area is 148 Å². The van der Waals surface area contributed by atoms with Crippen molar-refractivity contribution in [3.8, 4) is 5.75 Å². The molecule has 1 aromatic heterocycles. The van der Waals surface area contributed by atoms with Crippen molar-refractivity contribution in [3.05, 3.63) is 52.9 Å². The first-order valence-electron chi connectivity index (χ1n) is 7.61. The lowest BCUT2D eigenvalue weighted by atomic mass is 10.2. The number of amides is 2. The van der Waals surface area contributed by atoms with E-state index in [1.807, 2.05) is 12.1 Å². The maximum Gasteiger partial charge on any atom is 0.260 e. The molecule has 2 amide bonds. The van der Waals surface area contributed by atoms with Gasteiger partial charge in [0.1, 0.15) is 12.0 Å². The number of carbonyl (C=O) groups is 2. The molecule has 3 rings (SSSR count). The van der Waals surface area contributed by atoms with Crippen molar-refractivity contribution in [2.45, 2.75) is 0 Å². The summed E-state index contributed by atoms with van der Waals surface area (Å²) >= 11 is 3.35. The Kier molecular flexibility index (Phi) is 5.20. The van der Waals surface area contributed by atoms with Crippen LogP contribution in [0, 0.1) is 0 Å². The molecule has 0 atom stereocenters. The predicted octanol–water partition coefficient (Wildman–Crippen LogP) is 2.41. The van der Waals surface area contributed by atoms with E-state index in [1.165, 1.54) is 12.5 Å². The molecule has 1 saturated heterocycles. The van der Waals surface area contributed by atoms with E-state index in [9.17, 15) is 9.59 Å². The highest BCUT2D eigenvalue weighted by atomic mass is 79.9. The molecule has 126 valence electrons. The van der Waals surface area contributed by atoms with Crippen molar-refractivity contribution in [2.75, 3.05) is 32.8 Å². The van der Waals surface area contributed by atoms with Crippen LogP contribution in [0.1, 0.15) is 10.4 Å². The molecule has 1 fully saturated rings. The smallest absolute Gasteiger partial charge is 0.260 e. The molecule has 2 heterocycles. The van der Waals surface area contributed by atoms with E-state index in [1.54, 1.807) is 28.0 Å². The number of hydrogen-bond acceptors (Lipinski definition) is 4. The SMILES string of the molecule is O=C(COc1ccc(Br)cc1)N1CCN(C(=O)c2ccoc2)CC1. The lowest BCUT2D eigenvalue weighted by molar-refractivity contribution is -0.134. The number of piperazine rings is 1. The van der Waals surface area contributed by atoms with Gasteiger partial charge >= 0.3 is 0 Å². The van der Waals surface area contributed by atoms with Crippen LogP contribution in [-0.2, 0) is 4.79 Å². The fourth-order valence-corrected chi connectivity index (χ4v) is 2.76. The summed E-state index contributed by atoms with van der Waals surface area (Å²) in [5.74, 6) is 0.510. The molecule has 0 unspecified atom stereocenters. The first-order valence-corrected chi connectivity index (χ1v) is 8.40. The first kappa shape index (κ1) is 16.6. The van der Waals surface area contributed by atoms with E-state index in [-0.39, 0.29) is 18.4 Å². The zero-order valence-electron chi connectivity index (χ0n) is 13.0. The van der Waals surface area contributed by atoms with Gasteiger partial charge in [-0.2, -0.15) is 0 Å². The van der Waals surface area contributed by atoms with Crippen molar-refractivity contribution in [2.24, 2.45) is 0 Å². The van der Waals surface area contributed by atoms with E-state index in [0.29, 0.717) is 37.5 Å². The summed E-state index contributed by atoms with van der Waals surface area (Å²) < 4.78 is 11.4. The molecule has 0 bridgehead atoms. The van der Waals surface area contributed by atoms with Gasteiger partial charge in [-0.05, 0) is 30.3 Å². The quantitative estimate of drug-likeness (QED) is 0.801. The first-order chi connectivity index (χ1) is 11.6. The number of benzene rings is 1. The fourth-order valence-electron chi connectivity index (χ4n) is 2.49. The zero-order valence-corrected chi connectivity index (χ0v) is 14.6. The van der Waals surface area contributed by atoms with Gasteiger partial charge in [-0.25, -0.2) is 0 Å². The molecule has 0 aliphatic carbocycles. The third kappa shape index (κ3) is 3.97. The molecule has 2 aromatic rings. The number of halogens is 1. The summed E-state index contributed by atoms with van der Waals surface area (Å²) in [6, 6.07) is 8.98. The van der Waals surface area contributed by atoms with Gasteiger partial charge in [0.05, 0.1) is 11.8 Å². The third-order valence-corrected chi connectivity index (χ3v) is 4.39. The molecule has 1 aliphatic rings.